The molecule has 126 valence electrons. The number of hydrogen-bond donors (Lipinski definition) is 1. The Morgan fingerprint density at radius 1 is 0.958 bits per heavy atom. The Kier molecular flexibility index (Phi) is 5.47. The second-order valence-corrected chi connectivity index (χ2v) is 6.28. The molecule has 1 N–H and O–H groups in total. The molecular formula is C20H24N2O2. The van der Waals surface area contributed by atoms with Gasteiger partial charge in [-0.3, -0.25) is 4.99 Å². The number of hydrogen-bond acceptors (Lipinski definition) is 3. The van der Waals surface area contributed by atoms with Crippen LogP contribution in [0.3, 0.4) is 0 Å². The van der Waals surface area contributed by atoms with Crippen molar-refractivity contribution in [1.29, 1.82) is 0 Å². The van der Waals surface area contributed by atoms with Crippen molar-refractivity contribution >= 4 is 22.6 Å². The van der Waals surface area contributed by atoms with Crippen molar-refractivity contribution < 1.29 is 9.90 Å². The van der Waals surface area contributed by atoms with E-state index in [9.17, 15) is 4.79 Å². The Labute approximate surface area is 142 Å². The van der Waals surface area contributed by atoms with Gasteiger partial charge in [0.25, 0.3) is 0 Å². The molecule has 2 aliphatic rings. The van der Waals surface area contributed by atoms with Crippen LogP contribution in [0.5, 0.6) is 0 Å². The molecule has 0 unspecified atom stereocenters. The first-order valence-corrected chi connectivity index (χ1v) is 8.75. The topological polar surface area (TPSA) is 52.9 Å². The lowest BCUT2D eigenvalue weighted by Crippen LogP contribution is -2.34. The van der Waals surface area contributed by atoms with Gasteiger partial charge in [0.1, 0.15) is 0 Å². The minimum absolute atomic E-state index is 0.359. The maximum absolute atomic E-state index is 10.8. The van der Waals surface area contributed by atoms with Crippen LogP contribution in [0.1, 0.15) is 42.5 Å². The van der Waals surface area contributed by atoms with Crippen LogP contribution in [0, 0.1) is 0 Å². The van der Waals surface area contributed by atoms with E-state index in [0.29, 0.717) is 5.56 Å². The molecule has 24 heavy (non-hydrogen) atoms. The van der Waals surface area contributed by atoms with Gasteiger partial charge in [-0.1, -0.05) is 42.8 Å². The Hall–Kier alpha value is -2.36. The number of carbonyl (C=O) groups is 1. The average Bonchev–Trinajstić information content (AvgIpc) is 2.87. The van der Waals surface area contributed by atoms with Crippen LogP contribution in [0.15, 0.2) is 47.5 Å². The normalized spacial score (nSPS) is 17.2. The highest BCUT2D eigenvalue weighted by atomic mass is 16.4. The van der Waals surface area contributed by atoms with Gasteiger partial charge in [-0.25, -0.2) is 4.79 Å². The average molecular weight is 324 g/mol. The summed E-state index contributed by atoms with van der Waals surface area (Å²) in [5.74, 6) is 0.519. The fraction of sp³-hybridized carbons (Fsp3) is 0.400. The molecule has 2 heterocycles. The zero-order valence-electron chi connectivity index (χ0n) is 13.9. The van der Waals surface area contributed by atoms with E-state index in [1.54, 1.807) is 12.1 Å². The summed E-state index contributed by atoms with van der Waals surface area (Å²) in [4.78, 5) is 17.9. The van der Waals surface area contributed by atoms with Gasteiger partial charge in [-0.15, -0.1) is 0 Å². The second-order valence-electron chi connectivity index (χ2n) is 6.28. The summed E-state index contributed by atoms with van der Waals surface area (Å²) in [6, 6.07) is 12.7. The summed E-state index contributed by atoms with van der Waals surface area (Å²) >= 11 is 0. The minimum atomic E-state index is -0.878. The van der Waals surface area contributed by atoms with Gasteiger partial charge in [0.05, 0.1) is 11.4 Å². The van der Waals surface area contributed by atoms with Crippen molar-refractivity contribution in [2.24, 2.45) is 4.99 Å². The van der Waals surface area contributed by atoms with Crippen molar-refractivity contribution in [2.45, 2.75) is 32.1 Å². The second kappa shape index (κ2) is 7.95. The van der Waals surface area contributed by atoms with E-state index in [4.69, 9.17) is 5.11 Å². The first-order chi connectivity index (χ1) is 11.8. The molecule has 2 aliphatic heterocycles. The van der Waals surface area contributed by atoms with Crippen LogP contribution < -0.4 is 0 Å². The monoisotopic (exact) mass is 324 g/mol. The Bertz CT molecular complexity index is 734. The first kappa shape index (κ1) is 16.5. The van der Waals surface area contributed by atoms with Crippen molar-refractivity contribution in [3.05, 3.63) is 48.0 Å². The largest absolute Gasteiger partial charge is 0.478 e. The zero-order chi connectivity index (χ0) is 16.8. The molecular weight excluding hydrogens is 300 g/mol. The Morgan fingerprint density at radius 2 is 1.75 bits per heavy atom. The predicted molar refractivity (Wildman–Crippen MR) is 97.9 cm³/mol. The predicted octanol–water partition coefficient (Wildman–Crippen LogP) is 4.20. The number of carboxylic acid groups (broad SMARTS) is 1. The fourth-order valence-electron chi connectivity index (χ4n) is 3.35. The molecule has 0 spiro atoms. The molecule has 2 aromatic rings. The van der Waals surface area contributed by atoms with Crippen LogP contribution >= 0.6 is 0 Å². The van der Waals surface area contributed by atoms with Crippen molar-refractivity contribution in [1.82, 2.24) is 4.90 Å². The molecule has 4 heteroatoms. The van der Waals surface area contributed by atoms with Crippen LogP contribution in [0.2, 0.25) is 0 Å². The van der Waals surface area contributed by atoms with Crippen LogP contribution in [-0.4, -0.2) is 41.4 Å². The molecule has 0 bridgehead atoms. The Balaban J connectivity index is 0.000000143. The summed E-state index contributed by atoms with van der Waals surface area (Å²) in [7, 11) is 0. The third kappa shape index (κ3) is 3.94. The molecule has 0 radical (unpaired) electrons. The van der Waals surface area contributed by atoms with Crippen molar-refractivity contribution in [3.8, 4) is 0 Å². The summed E-state index contributed by atoms with van der Waals surface area (Å²) in [6.45, 7) is 3.60. The number of carboxylic acids is 1. The first-order valence-electron chi connectivity index (χ1n) is 8.75. The lowest BCUT2D eigenvalue weighted by atomic mass is 10.1. The van der Waals surface area contributed by atoms with Gasteiger partial charge in [-0.05, 0) is 36.1 Å². The molecule has 0 amide bonds. The quantitative estimate of drug-likeness (QED) is 0.855. The number of aliphatic imine (C=N–C) groups is 1. The lowest BCUT2D eigenvalue weighted by Gasteiger charge is -2.27. The summed E-state index contributed by atoms with van der Waals surface area (Å²) in [6.07, 6.45) is 6.63. The number of amidine groups is 1. The Morgan fingerprint density at radius 3 is 2.62 bits per heavy atom. The van der Waals surface area contributed by atoms with Crippen molar-refractivity contribution in [3.63, 3.8) is 0 Å². The minimum Gasteiger partial charge on any atom is -0.478 e. The lowest BCUT2D eigenvalue weighted by molar-refractivity contribution is 0.0699. The van der Waals surface area contributed by atoms with Gasteiger partial charge >= 0.3 is 5.97 Å². The number of fused-ring (bicyclic) bond motifs is 2. The van der Waals surface area contributed by atoms with Crippen LogP contribution in [0.25, 0.3) is 10.8 Å². The highest BCUT2D eigenvalue weighted by molar-refractivity contribution is 6.03. The SMILES string of the molecule is C1CCC2=NCCCN2CC1.O=C(O)c1cccc2ccccc12. The van der Waals surface area contributed by atoms with Crippen LogP contribution in [0.4, 0.5) is 0 Å². The molecule has 2 aromatic carbocycles. The summed E-state index contributed by atoms with van der Waals surface area (Å²) < 4.78 is 0. The summed E-state index contributed by atoms with van der Waals surface area (Å²) in [5, 5.41) is 10.6. The van der Waals surface area contributed by atoms with Gasteiger partial charge in [0.2, 0.25) is 0 Å². The van der Waals surface area contributed by atoms with E-state index in [1.165, 1.54) is 51.0 Å². The maximum atomic E-state index is 10.8. The highest BCUT2D eigenvalue weighted by Crippen LogP contribution is 2.18. The van der Waals surface area contributed by atoms with Gasteiger partial charge in [0.15, 0.2) is 0 Å². The number of rotatable bonds is 1. The molecule has 1 saturated heterocycles. The molecule has 0 atom stereocenters. The summed E-state index contributed by atoms with van der Waals surface area (Å²) in [5.41, 5.74) is 0.359. The zero-order valence-corrected chi connectivity index (χ0v) is 13.9. The number of aromatic carboxylic acids is 1. The number of nitrogens with zero attached hydrogens (tertiary/aromatic N) is 2. The van der Waals surface area contributed by atoms with E-state index in [1.807, 2.05) is 30.3 Å². The third-order valence-corrected chi connectivity index (χ3v) is 4.59. The van der Waals surface area contributed by atoms with E-state index in [0.717, 1.165) is 17.3 Å². The van der Waals surface area contributed by atoms with Gasteiger partial charge in [0, 0.05) is 26.1 Å². The van der Waals surface area contributed by atoms with E-state index >= 15 is 0 Å². The smallest absolute Gasteiger partial charge is 0.336 e. The third-order valence-electron chi connectivity index (χ3n) is 4.59. The molecule has 0 aromatic heterocycles. The maximum Gasteiger partial charge on any atom is 0.336 e. The molecule has 4 nitrogen and oxygen atoms in total. The van der Waals surface area contributed by atoms with Crippen molar-refractivity contribution in [2.75, 3.05) is 19.6 Å². The van der Waals surface area contributed by atoms with Gasteiger partial charge in [-0.2, -0.15) is 0 Å². The molecule has 0 saturated carbocycles. The van der Waals surface area contributed by atoms with E-state index in [-0.39, 0.29) is 0 Å². The molecule has 4 rings (SSSR count). The van der Waals surface area contributed by atoms with E-state index in [2.05, 4.69) is 9.89 Å². The number of benzene rings is 2. The van der Waals surface area contributed by atoms with Gasteiger partial charge < -0.3 is 10.0 Å². The standard InChI is InChI=1S/C11H8O2.C9H16N2/c12-11(13)10-7-3-5-8-4-1-2-6-9(8)10;1-2-5-9-10-6-4-8-11(9)7-3-1/h1-7H,(H,12,13);1-8H2. The highest BCUT2D eigenvalue weighted by Gasteiger charge is 2.16. The fourth-order valence-corrected chi connectivity index (χ4v) is 3.35. The van der Waals surface area contributed by atoms with E-state index < -0.39 is 5.97 Å². The molecule has 1 fully saturated rings. The van der Waals surface area contributed by atoms with Crippen LogP contribution in [-0.2, 0) is 0 Å². The molecule has 0 aliphatic carbocycles.